The van der Waals surface area contributed by atoms with Crippen LogP contribution in [-0.4, -0.2) is 73.5 Å². The Bertz CT molecular complexity index is 1480. The number of benzene rings is 2. The Morgan fingerprint density at radius 2 is 1.23 bits per heavy atom. The third-order valence-corrected chi connectivity index (χ3v) is 11.1. The number of aromatic hydroxyl groups is 1. The largest absolute Gasteiger partial charge is 0.504 e. The van der Waals surface area contributed by atoms with Gasteiger partial charge in [-0.15, -0.1) is 0 Å². The summed E-state index contributed by atoms with van der Waals surface area (Å²) in [4.78, 5) is 30.2. The summed E-state index contributed by atoms with van der Waals surface area (Å²) in [5.41, 5.74) is 4.89. The van der Waals surface area contributed by atoms with E-state index in [1.807, 2.05) is 6.07 Å². The molecule has 1 N–H and O–H groups in total. The Kier molecular flexibility index (Phi) is 10.7. The van der Waals surface area contributed by atoms with Gasteiger partial charge in [-0.2, -0.15) is 0 Å². The average Bonchev–Trinajstić information content (AvgIpc) is 3.88. The van der Waals surface area contributed by atoms with Crippen LogP contribution in [0.2, 0.25) is 0 Å². The van der Waals surface area contributed by atoms with Gasteiger partial charge in [0.1, 0.15) is 11.6 Å². The van der Waals surface area contributed by atoms with Gasteiger partial charge in [0.2, 0.25) is 0 Å². The van der Waals surface area contributed by atoms with Gasteiger partial charge in [0.05, 0.1) is 20.8 Å². The van der Waals surface area contributed by atoms with E-state index in [9.17, 15) is 14.7 Å². The summed E-state index contributed by atoms with van der Waals surface area (Å²) in [6.45, 7) is 13.3. The van der Waals surface area contributed by atoms with Gasteiger partial charge in [0.25, 0.3) is 0 Å². The summed E-state index contributed by atoms with van der Waals surface area (Å²) in [5.74, 6) is 5.41. The van der Waals surface area contributed by atoms with Crippen LogP contribution < -0.4 is 14.2 Å². The Morgan fingerprint density at radius 1 is 0.729 bits per heavy atom. The van der Waals surface area contributed by atoms with Crippen molar-refractivity contribution < 1.29 is 28.9 Å². The molecule has 0 radical (unpaired) electrons. The van der Waals surface area contributed by atoms with Crippen molar-refractivity contribution in [1.82, 2.24) is 9.80 Å². The minimum Gasteiger partial charge on any atom is -0.504 e. The van der Waals surface area contributed by atoms with Crippen LogP contribution in [0.25, 0.3) is 0 Å². The van der Waals surface area contributed by atoms with Crippen molar-refractivity contribution in [3.63, 3.8) is 0 Å². The van der Waals surface area contributed by atoms with Crippen LogP contribution >= 0.6 is 0 Å². The van der Waals surface area contributed by atoms with Crippen molar-refractivity contribution in [2.75, 3.05) is 47.0 Å². The lowest BCUT2D eigenvalue weighted by Crippen LogP contribution is -2.46. The van der Waals surface area contributed by atoms with Crippen LogP contribution in [0.5, 0.6) is 23.0 Å². The molecular formula is C40H56N2O6. The monoisotopic (exact) mass is 660 g/mol. The van der Waals surface area contributed by atoms with E-state index in [0.29, 0.717) is 42.0 Å². The Balaban J connectivity index is 0.000000170. The van der Waals surface area contributed by atoms with Gasteiger partial charge in [-0.3, -0.25) is 19.4 Å². The first-order chi connectivity index (χ1) is 23.0. The molecule has 262 valence electrons. The van der Waals surface area contributed by atoms with Crippen molar-refractivity contribution >= 4 is 11.6 Å². The molecule has 2 aromatic carbocycles. The first-order valence-corrected chi connectivity index (χ1v) is 18.3. The second-order valence-corrected chi connectivity index (χ2v) is 15.7. The van der Waals surface area contributed by atoms with Crippen molar-refractivity contribution in [3.8, 4) is 23.0 Å². The Hall–Kier alpha value is -3.10. The number of phenols is 1. The summed E-state index contributed by atoms with van der Waals surface area (Å²) < 4.78 is 16.9. The molecule has 0 amide bonds. The number of carbonyl (C=O) groups excluding carboxylic acids is 2. The van der Waals surface area contributed by atoms with Gasteiger partial charge in [0.15, 0.2) is 23.0 Å². The van der Waals surface area contributed by atoms with Gasteiger partial charge in [-0.1, -0.05) is 27.7 Å². The number of piperidine rings is 2. The third kappa shape index (κ3) is 7.70. The summed E-state index contributed by atoms with van der Waals surface area (Å²) >= 11 is 0. The highest BCUT2D eigenvalue weighted by atomic mass is 16.5. The highest BCUT2D eigenvalue weighted by Crippen LogP contribution is 2.44. The van der Waals surface area contributed by atoms with E-state index in [1.54, 1.807) is 20.3 Å². The number of phenolic OH excluding ortho intramolecular Hbond substituents is 1. The van der Waals surface area contributed by atoms with E-state index in [1.165, 1.54) is 24.0 Å². The predicted octanol–water partition coefficient (Wildman–Crippen LogP) is 6.95. The number of Topliss-reactive ketones (excluding diaryl/α,β-unsaturated/α-hetero) is 2. The van der Waals surface area contributed by atoms with Gasteiger partial charge < -0.3 is 19.3 Å². The van der Waals surface area contributed by atoms with Gasteiger partial charge in [-0.25, -0.2) is 0 Å². The number of ketones is 2. The minimum absolute atomic E-state index is 0.147. The molecule has 0 spiro atoms. The van der Waals surface area contributed by atoms with E-state index >= 15 is 0 Å². The van der Waals surface area contributed by atoms with Crippen LogP contribution in [-0.2, 0) is 22.4 Å². The number of hydrogen-bond donors (Lipinski definition) is 1. The van der Waals surface area contributed by atoms with Gasteiger partial charge in [-0.05, 0) is 103 Å². The lowest BCUT2D eigenvalue weighted by Gasteiger charge is -2.43. The number of carbonyl (C=O) groups is 2. The quantitative estimate of drug-likeness (QED) is 0.309. The summed E-state index contributed by atoms with van der Waals surface area (Å²) in [6, 6.07) is 8.37. The first-order valence-electron chi connectivity index (χ1n) is 18.3. The molecule has 2 aromatic rings. The van der Waals surface area contributed by atoms with E-state index in [0.717, 1.165) is 87.0 Å². The molecule has 0 bridgehead atoms. The Labute approximate surface area is 287 Å². The molecule has 4 unspecified atom stereocenters. The van der Waals surface area contributed by atoms with Crippen molar-refractivity contribution in [2.45, 2.75) is 91.1 Å². The van der Waals surface area contributed by atoms with Crippen molar-refractivity contribution in [3.05, 3.63) is 46.5 Å². The molecule has 4 heterocycles. The van der Waals surface area contributed by atoms with E-state index < -0.39 is 0 Å². The zero-order valence-corrected chi connectivity index (χ0v) is 29.9. The number of rotatable bonds is 9. The van der Waals surface area contributed by atoms with Gasteiger partial charge >= 0.3 is 0 Å². The molecule has 0 aromatic heterocycles. The second-order valence-electron chi connectivity index (χ2n) is 15.7. The van der Waals surface area contributed by atoms with Crippen molar-refractivity contribution in [2.24, 2.45) is 29.6 Å². The van der Waals surface area contributed by atoms with E-state index in [-0.39, 0.29) is 29.7 Å². The lowest BCUT2D eigenvalue weighted by molar-refractivity contribution is -0.130. The van der Waals surface area contributed by atoms with Crippen LogP contribution in [0.3, 0.4) is 0 Å². The van der Waals surface area contributed by atoms with Crippen LogP contribution in [0, 0.1) is 29.6 Å². The number of ether oxygens (including phenoxy) is 3. The molecule has 8 heteroatoms. The molecule has 4 aliphatic heterocycles. The molecular weight excluding hydrogens is 604 g/mol. The van der Waals surface area contributed by atoms with Crippen molar-refractivity contribution in [1.29, 1.82) is 0 Å². The number of nitrogens with zero attached hydrogens (tertiary/aromatic N) is 2. The molecule has 4 atom stereocenters. The molecule has 5 aliphatic rings. The lowest BCUT2D eigenvalue weighted by atomic mass is 9.80. The molecule has 1 saturated carbocycles. The number of hydrogen-bond acceptors (Lipinski definition) is 8. The molecule has 8 nitrogen and oxygen atoms in total. The molecule has 3 fully saturated rings. The maximum absolute atomic E-state index is 12.7. The van der Waals surface area contributed by atoms with E-state index in [2.05, 4.69) is 49.6 Å². The zero-order valence-electron chi connectivity index (χ0n) is 29.9. The van der Waals surface area contributed by atoms with Crippen LogP contribution in [0.1, 0.15) is 101 Å². The highest BCUT2D eigenvalue weighted by molar-refractivity contribution is 5.83. The summed E-state index contributed by atoms with van der Waals surface area (Å²) in [5, 5.41) is 9.95. The maximum Gasteiger partial charge on any atom is 0.161 e. The molecule has 7 rings (SSSR count). The normalized spacial score (nSPS) is 25.4. The second kappa shape index (κ2) is 14.8. The molecule has 1 aliphatic carbocycles. The highest BCUT2D eigenvalue weighted by Gasteiger charge is 2.40. The zero-order chi connectivity index (χ0) is 34.1. The topological polar surface area (TPSA) is 88.5 Å². The summed E-state index contributed by atoms with van der Waals surface area (Å²) in [6.07, 6.45) is 7.71. The standard InChI is InChI=1S/C22H31NO3.C18H25NO3/c1-14(2)8-17-12-23-7-6-16-9-22(26-13-15-4-5-15)21(25-3)10-18(16)19(23)11-20(17)24;1-11(2)6-13-10-19-5-4-12-7-17(21)18(22-3)8-14(12)15(19)9-16(13)20/h9-10,14-15,17,19H,4-8,11-13H2,1-3H3;7-8,11,13,15,21H,4-6,9-10H2,1-3H3. The smallest absolute Gasteiger partial charge is 0.161 e. The fraction of sp³-hybridized carbons (Fsp3) is 0.650. The fourth-order valence-corrected chi connectivity index (χ4v) is 8.41. The minimum atomic E-state index is 0.147. The predicted molar refractivity (Wildman–Crippen MR) is 187 cm³/mol. The fourth-order valence-electron chi connectivity index (χ4n) is 8.41. The first kappa shape index (κ1) is 34.8. The van der Waals surface area contributed by atoms with Crippen LogP contribution in [0.15, 0.2) is 24.3 Å². The average molecular weight is 661 g/mol. The number of methoxy groups -OCH3 is 2. The van der Waals surface area contributed by atoms with Gasteiger partial charge in [0, 0.05) is 62.9 Å². The third-order valence-electron chi connectivity index (χ3n) is 11.1. The van der Waals surface area contributed by atoms with Crippen LogP contribution in [0.4, 0.5) is 0 Å². The molecule has 2 saturated heterocycles. The SMILES string of the molecule is COc1cc2c(cc1O)CCN1CC(CC(C)C)C(=O)CC21.COc1cc2c(cc1OCC1CC1)CCN1CC(CC(C)C)C(=O)CC21. The number of fused-ring (bicyclic) bond motifs is 6. The summed E-state index contributed by atoms with van der Waals surface area (Å²) in [7, 11) is 3.27. The Morgan fingerprint density at radius 3 is 1.71 bits per heavy atom. The van der Waals surface area contributed by atoms with E-state index in [4.69, 9.17) is 14.2 Å². The molecule has 48 heavy (non-hydrogen) atoms. The maximum atomic E-state index is 12.7.